The van der Waals surface area contributed by atoms with Crippen molar-refractivity contribution in [2.24, 2.45) is 0 Å². The molecule has 0 fully saturated rings. The fourth-order valence-corrected chi connectivity index (χ4v) is 6.69. The van der Waals surface area contributed by atoms with Crippen LogP contribution in [0.2, 0.25) is 0 Å². The first kappa shape index (κ1) is 30.9. The highest BCUT2D eigenvalue weighted by molar-refractivity contribution is 6.21. The number of hydrogen-bond donors (Lipinski definition) is 0. The SMILES string of the molecule is C1=CCCC(c2ccc(N(C3=CC=CCC3)c3ccc4c5c6ccccc6ccc5n(-c5ccccc5)c4c3)cc2)=C1.CC.CC. The molecule has 0 N–H and O–H groups in total. The number of nitrogens with zero attached hydrogens (tertiary/aromatic N) is 2. The van der Waals surface area contributed by atoms with E-state index in [0.717, 1.165) is 25.7 Å². The minimum atomic E-state index is 1.01. The summed E-state index contributed by atoms with van der Waals surface area (Å²) in [5.74, 6) is 0. The van der Waals surface area contributed by atoms with Crippen molar-refractivity contribution in [3.8, 4) is 5.69 Å². The van der Waals surface area contributed by atoms with Crippen LogP contribution in [0.1, 0.15) is 58.9 Å². The quantitative estimate of drug-likeness (QED) is 0.191. The maximum Gasteiger partial charge on any atom is 0.0562 e. The van der Waals surface area contributed by atoms with Crippen molar-refractivity contribution in [3.05, 3.63) is 157 Å². The summed E-state index contributed by atoms with van der Waals surface area (Å²) in [6, 6.07) is 40.2. The van der Waals surface area contributed by atoms with Crippen LogP contribution in [0, 0.1) is 0 Å². The first-order valence-electron chi connectivity index (χ1n) is 17.0. The number of benzene rings is 5. The van der Waals surface area contributed by atoms with Gasteiger partial charge in [0.05, 0.1) is 11.0 Å². The molecule has 2 heteroatoms. The van der Waals surface area contributed by atoms with E-state index in [2.05, 4.69) is 155 Å². The molecule has 0 spiro atoms. The molecular weight excluding hydrogens is 556 g/mol. The molecular formula is C44H44N2. The molecule has 0 amide bonds. The van der Waals surface area contributed by atoms with Gasteiger partial charge in [-0.25, -0.2) is 0 Å². The van der Waals surface area contributed by atoms with Crippen LogP contribution in [-0.2, 0) is 0 Å². The van der Waals surface area contributed by atoms with Crippen LogP contribution in [0.15, 0.2) is 151 Å². The highest BCUT2D eigenvalue weighted by Crippen LogP contribution is 2.41. The molecule has 0 saturated heterocycles. The average molecular weight is 601 g/mol. The summed E-state index contributed by atoms with van der Waals surface area (Å²) >= 11 is 0. The zero-order valence-electron chi connectivity index (χ0n) is 27.6. The van der Waals surface area contributed by atoms with Gasteiger partial charge in [0, 0.05) is 33.5 Å². The Bertz CT molecular complexity index is 2070. The smallest absolute Gasteiger partial charge is 0.0562 e. The predicted octanol–water partition coefficient (Wildman–Crippen LogP) is 13.1. The average Bonchev–Trinajstić information content (AvgIpc) is 3.49. The van der Waals surface area contributed by atoms with Gasteiger partial charge in [-0.3, -0.25) is 0 Å². The second-order valence-electron chi connectivity index (χ2n) is 11.2. The lowest BCUT2D eigenvalue weighted by Crippen LogP contribution is -2.17. The summed E-state index contributed by atoms with van der Waals surface area (Å²) < 4.78 is 2.43. The minimum absolute atomic E-state index is 1.01. The van der Waals surface area contributed by atoms with E-state index in [9.17, 15) is 0 Å². The Morgan fingerprint density at radius 1 is 0.565 bits per heavy atom. The van der Waals surface area contributed by atoms with Crippen molar-refractivity contribution >= 4 is 49.5 Å². The van der Waals surface area contributed by atoms with E-state index in [4.69, 9.17) is 0 Å². The van der Waals surface area contributed by atoms with Crippen LogP contribution >= 0.6 is 0 Å². The standard InChI is InChI=1S/C40H32N2.2C2H6/c1-4-12-29(13-5-1)30-20-23-34(24-21-30)41(32-15-6-2-7-16-32)35-25-26-37-39(28-35)42(33-17-8-3-9-18-33)38-27-22-31-14-10-11-19-36(31)40(37)38;2*1-2/h1-4,6,8-12,14-15,17-28H,5,7,13,16H2;2*1-2H3. The molecule has 230 valence electrons. The lowest BCUT2D eigenvalue weighted by atomic mass is 9.97. The summed E-state index contributed by atoms with van der Waals surface area (Å²) in [5.41, 5.74) is 10.0. The monoisotopic (exact) mass is 600 g/mol. The molecule has 0 unspecified atom stereocenters. The third-order valence-electron chi connectivity index (χ3n) is 8.70. The van der Waals surface area contributed by atoms with Crippen molar-refractivity contribution in [1.29, 1.82) is 0 Å². The van der Waals surface area contributed by atoms with Gasteiger partial charge in [0.25, 0.3) is 0 Å². The van der Waals surface area contributed by atoms with Gasteiger partial charge in [-0.05, 0) is 96.1 Å². The van der Waals surface area contributed by atoms with Gasteiger partial charge in [0.2, 0.25) is 0 Å². The minimum Gasteiger partial charge on any atom is -0.314 e. The van der Waals surface area contributed by atoms with E-state index >= 15 is 0 Å². The number of fused-ring (bicyclic) bond motifs is 5. The zero-order valence-corrected chi connectivity index (χ0v) is 27.6. The van der Waals surface area contributed by atoms with Crippen molar-refractivity contribution < 1.29 is 0 Å². The van der Waals surface area contributed by atoms with Gasteiger partial charge < -0.3 is 9.47 Å². The van der Waals surface area contributed by atoms with Gasteiger partial charge >= 0.3 is 0 Å². The molecule has 0 bridgehead atoms. The Morgan fingerprint density at radius 3 is 1.98 bits per heavy atom. The number of allylic oxidation sites excluding steroid dienone is 8. The molecule has 1 aromatic heterocycles. The Hall–Kier alpha value is -5.08. The summed E-state index contributed by atoms with van der Waals surface area (Å²) in [6.07, 6.45) is 17.7. The van der Waals surface area contributed by atoms with Gasteiger partial charge in [-0.15, -0.1) is 0 Å². The molecule has 0 aliphatic heterocycles. The fourth-order valence-electron chi connectivity index (χ4n) is 6.69. The molecule has 0 radical (unpaired) electrons. The van der Waals surface area contributed by atoms with Crippen LogP contribution in [-0.4, -0.2) is 4.57 Å². The highest BCUT2D eigenvalue weighted by atomic mass is 15.2. The molecule has 0 saturated carbocycles. The molecule has 2 nitrogen and oxygen atoms in total. The second kappa shape index (κ2) is 14.3. The van der Waals surface area contributed by atoms with Crippen molar-refractivity contribution in [1.82, 2.24) is 4.57 Å². The summed E-state index contributed by atoms with van der Waals surface area (Å²) in [4.78, 5) is 2.45. The molecule has 2 aliphatic carbocycles. The lowest BCUT2D eigenvalue weighted by Gasteiger charge is -2.29. The van der Waals surface area contributed by atoms with Crippen molar-refractivity contribution in [2.75, 3.05) is 4.90 Å². The largest absolute Gasteiger partial charge is 0.314 e. The molecule has 46 heavy (non-hydrogen) atoms. The third kappa shape index (κ3) is 5.84. The predicted molar refractivity (Wildman–Crippen MR) is 202 cm³/mol. The normalized spacial score (nSPS) is 13.8. The maximum absolute atomic E-state index is 2.45. The third-order valence-corrected chi connectivity index (χ3v) is 8.70. The maximum atomic E-state index is 2.45. The van der Waals surface area contributed by atoms with Crippen LogP contribution in [0.25, 0.3) is 43.8 Å². The van der Waals surface area contributed by atoms with Crippen molar-refractivity contribution in [3.63, 3.8) is 0 Å². The van der Waals surface area contributed by atoms with Gasteiger partial charge in [0.15, 0.2) is 0 Å². The molecule has 8 rings (SSSR count). The topological polar surface area (TPSA) is 8.17 Å². The summed E-state index contributed by atoms with van der Waals surface area (Å²) in [5, 5.41) is 5.15. The Balaban J connectivity index is 0.000000896. The number of para-hydroxylation sites is 1. The summed E-state index contributed by atoms with van der Waals surface area (Å²) in [6.45, 7) is 8.00. The Morgan fingerprint density at radius 2 is 1.26 bits per heavy atom. The van der Waals surface area contributed by atoms with Gasteiger partial charge in [-0.2, -0.15) is 0 Å². The van der Waals surface area contributed by atoms with E-state index in [-0.39, 0.29) is 0 Å². The fraction of sp³-hybridized carbons (Fsp3) is 0.182. The van der Waals surface area contributed by atoms with Crippen LogP contribution in [0.5, 0.6) is 0 Å². The Kier molecular flexibility index (Phi) is 9.65. The van der Waals surface area contributed by atoms with Gasteiger partial charge in [0.1, 0.15) is 0 Å². The number of aromatic nitrogens is 1. The van der Waals surface area contributed by atoms with Crippen LogP contribution in [0.3, 0.4) is 0 Å². The number of anilines is 2. The van der Waals surface area contributed by atoms with Crippen LogP contribution < -0.4 is 4.90 Å². The second-order valence-corrected chi connectivity index (χ2v) is 11.2. The highest BCUT2D eigenvalue weighted by Gasteiger charge is 2.20. The van der Waals surface area contributed by atoms with E-state index < -0.39 is 0 Å². The van der Waals surface area contributed by atoms with Crippen LogP contribution in [0.4, 0.5) is 11.4 Å². The first-order chi connectivity index (χ1) is 22.8. The van der Waals surface area contributed by atoms with Gasteiger partial charge in [-0.1, -0.05) is 125 Å². The van der Waals surface area contributed by atoms with E-state index in [0.29, 0.717) is 0 Å². The van der Waals surface area contributed by atoms with E-state index in [1.807, 2.05) is 27.7 Å². The Labute approximate surface area is 274 Å². The summed E-state index contributed by atoms with van der Waals surface area (Å²) in [7, 11) is 0. The molecule has 0 atom stereocenters. The number of hydrogen-bond acceptors (Lipinski definition) is 1. The zero-order chi connectivity index (χ0) is 31.9. The molecule has 2 aliphatic rings. The molecule has 6 aromatic rings. The van der Waals surface area contributed by atoms with E-state index in [1.165, 1.54) is 66.5 Å². The lowest BCUT2D eigenvalue weighted by molar-refractivity contribution is 0.917. The molecule has 1 heterocycles. The van der Waals surface area contributed by atoms with E-state index in [1.54, 1.807) is 0 Å². The van der Waals surface area contributed by atoms with Crippen molar-refractivity contribution in [2.45, 2.75) is 53.4 Å². The molecule has 5 aromatic carbocycles. The number of rotatable bonds is 5. The first-order valence-corrected chi connectivity index (χ1v) is 17.0.